The number of amides is 1. The van der Waals surface area contributed by atoms with Gasteiger partial charge in [0.2, 0.25) is 5.91 Å². The van der Waals surface area contributed by atoms with Gasteiger partial charge in [-0.3, -0.25) is 9.69 Å². The zero-order valence-electron chi connectivity index (χ0n) is 13.9. The zero-order valence-corrected chi connectivity index (χ0v) is 14.7. The zero-order chi connectivity index (χ0) is 16.3. The molecule has 0 saturated carbocycles. The van der Waals surface area contributed by atoms with Gasteiger partial charge in [-0.15, -0.1) is 11.8 Å². The number of carbonyl (C=O) groups excluding carboxylic acids is 1. The second kappa shape index (κ2) is 7.02. The van der Waals surface area contributed by atoms with E-state index in [1.165, 1.54) is 0 Å². The molecule has 0 aliphatic carbocycles. The minimum Gasteiger partial charge on any atom is -0.327 e. The van der Waals surface area contributed by atoms with Gasteiger partial charge in [0, 0.05) is 24.0 Å². The van der Waals surface area contributed by atoms with Gasteiger partial charge in [0.1, 0.15) is 0 Å². The van der Waals surface area contributed by atoms with Gasteiger partial charge in [0.15, 0.2) is 0 Å². The normalized spacial score (nSPS) is 23.0. The molecule has 2 unspecified atom stereocenters. The number of nitrogens with zero attached hydrogens (tertiary/aromatic N) is 1. The number of para-hydroxylation sites is 1. The van der Waals surface area contributed by atoms with E-state index in [1.807, 2.05) is 37.4 Å². The van der Waals surface area contributed by atoms with Crippen LogP contribution >= 0.6 is 11.8 Å². The lowest BCUT2D eigenvalue weighted by molar-refractivity contribution is -0.122. The van der Waals surface area contributed by atoms with Crippen LogP contribution in [0.15, 0.2) is 29.2 Å². The van der Waals surface area contributed by atoms with Crippen molar-refractivity contribution in [3.8, 4) is 0 Å². The number of nitrogens with two attached hydrogens (primary N) is 1. The fourth-order valence-electron chi connectivity index (χ4n) is 2.90. The average molecular weight is 321 g/mol. The second-order valence-electron chi connectivity index (χ2n) is 6.72. The van der Waals surface area contributed by atoms with Crippen LogP contribution < -0.4 is 11.1 Å². The Hall–Kier alpha value is -1.04. The molecule has 0 bridgehead atoms. The fourth-order valence-corrected chi connectivity index (χ4v) is 3.45. The molecular formula is C17H27N3OS. The van der Waals surface area contributed by atoms with Crippen LogP contribution in [0.2, 0.25) is 0 Å². The molecule has 1 aromatic rings. The lowest BCUT2D eigenvalue weighted by atomic mass is 9.79. The summed E-state index contributed by atoms with van der Waals surface area (Å²) in [4.78, 5) is 15.9. The highest BCUT2D eigenvalue weighted by atomic mass is 32.2. The van der Waals surface area contributed by atoms with E-state index in [0.29, 0.717) is 0 Å². The van der Waals surface area contributed by atoms with Crippen molar-refractivity contribution >= 4 is 23.4 Å². The number of piperidine rings is 1. The van der Waals surface area contributed by atoms with E-state index in [2.05, 4.69) is 24.1 Å². The van der Waals surface area contributed by atoms with Crippen LogP contribution in [0, 0.1) is 5.41 Å². The summed E-state index contributed by atoms with van der Waals surface area (Å²) in [6.07, 6.45) is 2.95. The summed E-state index contributed by atoms with van der Waals surface area (Å²) in [6, 6.07) is 7.96. The Balaban J connectivity index is 2.03. The lowest BCUT2D eigenvalue weighted by Crippen LogP contribution is -2.56. The van der Waals surface area contributed by atoms with Crippen molar-refractivity contribution in [3.63, 3.8) is 0 Å². The van der Waals surface area contributed by atoms with Crippen LogP contribution in [-0.4, -0.2) is 42.2 Å². The SMILES string of the molecule is CSc1ccccc1NC(=O)C(C)N1CCC(N)C(C)(C)C1. The predicted molar refractivity (Wildman–Crippen MR) is 94.3 cm³/mol. The van der Waals surface area contributed by atoms with E-state index in [1.54, 1.807) is 11.8 Å². The molecule has 3 N–H and O–H groups in total. The largest absolute Gasteiger partial charge is 0.327 e. The smallest absolute Gasteiger partial charge is 0.241 e. The average Bonchev–Trinajstić information content (AvgIpc) is 2.49. The van der Waals surface area contributed by atoms with Crippen LogP contribution in [-0.2, 0) is 4.79 Å². The van der Waals surface area contributed by atoms with Crippen LogP contribution in [0.4, 0.5) is 5.69 Å². The van der Waals surface area contributed by atoms with Crippen LogP contribution in [0.5, 0.6) is 0 Å². The summed E-state index contributed by atoms with van der Waals surface area (Å²) in [5, 5.41) is 3.06. The summed E-state index contributed by atoms with van der Waals surface area (Å²) in [7, 11) is 0. The molecule has 2 atom stereocenters. The number of carbonyl (C=O) groups is 1. The molecule has 1 aliphatic heterocycles. The van der Waals surface area contributed by atoms with Gasteiger partial charge in [0.05, 0.1) is 11.7 Å². The number of rotatable bonds is 4. The molecule has 2 rings (SSSR count). The van der Waals surface area contributed by atoms with E-state index in [4.69, 9.17) is 5.73 Å². The fraction of sp³-hybridized carbons (Fsp3) is 0.588. The highest BCUT2D eigenvalue weighted by Crippen LogP contribution is 2.29. The van der Waals surface area contributed by atoms with E-state index in [0.717, 1.165) is 30.1 Å². The molecule has 5 heteroatoms. The Bertz CT molecular complexity index is 532. The maximum Gasteiger partial charge on any atom is 0.241 e. The third-order valence-electron chi connectivity index (χ3n) is 4.63. The summed E-state index contributed by atoms with van der Waals surface area (Å²) < 4.78 is 0. The number of benzene rings is 1. The van der Waals surface area contributed by atoms with E-state index >= 15 is 0 Å². The first-order valence-corrected chi connectivity index (χ1v) is 9.01. The maximum atomic E-state index is 12.6. The summed E-state index contributed by atoms with van der Waals surface area (Å²) in [5.41, 5.74) is 7.12. The monoisotopic (exact) mass is 321 g/mol. The quantitative estimate of drug-likeness (QED) is 0.837. The first-order valence-electron chi connectivity index (χ1n) is 7.78. The third kappa shape index (κ3) is 3.83. The number of hydrogen-bond donors (Lipinski definition) is 2. The van der Waals surface area contributed by atoms with E-state index in [-0.39, 0.29) is 23.4 Å². The van der Waals surface area contributed by atoms with Gasteiger partial charge in [-0.1, -0.05) is 26.0 Å². The van der Waals surface area contributed by atoms with Crippen molar-refractivity contribution in [2.24, 2.45) is 11.1 Å². The topological polar surface area (TPSA) is 58.4 Å². The Labute approximate surface area is 137 Å². The highest BCUT2D eigenvalue weighted by molar-refractivity contribution is 7.98. The van der Waals surface area contributed by atoms with Gasteiger partial charge in [-0.05, 0) is 37.1 Å². The molecule has 1 amide bonds. The van der Waals surface area contributed by atoms with Crippen molar-refractivity contribution < 1.29 is 4.79 Å². The van der Waals surface area contributed by atoms with E-state index < -0.39 is 0 Å². The summed E-state index contributed by atoms with van der Waals surface area (Å²) in [5.74, 6) is 0.0489. The number of thioether (sulfide) groups is 1. The molecular weight excluding hydrogens is 294 g/mol. The van der Waals surface area contributed by atoms with Crippen molar-refractivity contribution in [1.82, 2.24) is 4.90 Å². The second-order valence-corrected chi connectivity index (χ2v) is 7.57. The van der Waals surface area contributed by atoms with Gasteiger partial charge in [0.25, 0.3) is 0 Å². The predicted octanol–water partition coefficient (Wildman–Crippen LogP) is 2.79. The molecule has 0 aromatic heterocycles. The standard InChI is InChI=1S/C17H27N3OS/c1-12(20-10-9-15(18)17(2,3)11-20)16(21)19-13-7-5-6-8-14(13)22-4/h5-8,12,15H,9-11,18H2,1-4H3,(H,19,21). The van der Waals surface area contributed by atoms with E-state index in [9.17, 15) is 4.79 Å². The van der Waals surface area contributed by atoms with Gasteiger partial charge >= 0.3 is 0 Å². The number of anilines is 1. The highest BCUT2D eigenvalue weighted by Gasteiger charge is 2.36. The maximum absolute atomic E-state index is 12.6. The van der Waals surface area contributed by atoms with Gasteiger partial charge in [-0.2, -0.15) is 0 Å². The third-order valence-corrected chi connectivity index (χ3v) is 5.43. The molecule has 22 heavy (non-hydrogen) atoms. The van der Waals surface area contributed by atoms with Crippen molar-refractivity contribution in [1.29, 1.82) is 0 Å². The molecule has 1 heterocycles. The minimum atomic E-state index is -0.151. The van der Waals surface area contributed by atoms with Gasteiger partial charge < -0.3 is 11.1 Å². The molecule has 0 radical (unpaired) electrons. The molecule has 1 aromatic carbocycles. The number of hydrogen-bond acceptors (Lipinski definition) is 4. The Morgan fingerprint density at radius 3 is 2.77 bits per heavy atom. The number of nitrogens with one attached hydrogen (secondary N) is 1. The number of likely N-dealkylation sites (tertiary alicyclic amines) is 1. The molecule has 4 nitrogen and oxygen atoms in total. The van der Waals surface area contributed by atoms with Crippen LogP contribution in [0.25, 0.3) is 0 Å². The molecule has 1 fully saturated rings. The first-order chi connectivity index (χ1) is 10.3. The Morgan fingerprint density at radius 1 is 1.45 bits per heavy atom. The van der Waals surface area contributed by atoms with Crippen LogP contribution in [0.3, 0.4) is 0 Å². The Kier molecular flexibility index (Phi) is 5.53. The van der Waals surface area contributed by atoms with Crippen molar-refractivity contribution in [2.45, 2.75) is 44.2 Å². The molecule has 1 aliphatic rings. The minimum absolute atomic E-state index is 0.0456. The summed E-state index contributed by atoms with van der Waals surface area (Å²) in [6.45, 7) is 8.06. The van der Waals surface area contributed by atoms with Crippen LogP contribution in [0.1, 0.15) is 27.2 Å². The lowest BCUT2D eigenvalue weighted by Gasteiger charge is -2.44. The Morgan fingerprint density at radius 2 is 2.14 bits per heavy atom. The van der Waals surface area contributed by atoms with Crippen molar-refractivity contribution in [3.05, 3.63) is 24.3 Å². The van der Waals surface area contributed by atoms with Gasteiger partial charge in [-0.25, -0.2) is 0 Å². The summed E-state index contributed by atoms with van der Waals surface area (Å²) >= 11 is 1.64. The first kappa shape index (κ1) is 17.3. The molecule has 1 saturated heterocycles. The molecule has 0 spiro atoms. The molecule has 122 valence electrons. The van der Waals surface area contributed by atoms with Crippen molar-refractivity contribution in [2.75, 3.05) is 24.7 Å².